The van der Waals surface area contributed by atoms with Crippen molar-refractivity contribution in [3.63, 3.8) is 0 Å². The number of nitrogens with zero attached hydrogens (tertiary/aromatic N) is 2. The van der Waals surface area contributed by atoms with Gasteiger partial charge in [-0.25, -0.2) is 4.98 Å². The molecule has 0 spiro atoms. The van der Waals surface area contributed by atoms with Gasteiger partial charge in [0.25, 0.3) is 0 Å². The van der Waals surface area contributed by atoms with Gasteiger partial charge >= 0.3 is 0 Å². The van der Waals surface area contributed by atoms with Crippen molar-refractivity contribution in [1.29, 1.82) is 0 Å². The van der Waals surface area contributed by atoms with Crippen molar-refractivity contribution >= 4 is 71.1 Å². The Balaban J connectivity index is 1.29. The Morgan fingerprint density at radius 2 is 0.860 bits per heavy atom. The number of hydrogen-bond donors (Lipinski definition) is 0. The molecule has 266 valence electrons. The lowest BCUT2D eigenvalue weighted by molar-refractivity contribution is 1.21. The van der Waals surface area contributed by atoms with Crippen LogP contribution < -0.4 is 4.90 Å². The summed E-state index contributed by atoms with van der Waals surface area (Å²) < 4.78 is 0. The highest BCUT2D eigenvalue weighted by Gasteiger charge is 2.23. The van der Waals surface area contributed by atoms with Crippen LogP contribution in [-0.2, 0) is 0 Å². The normalized spacial score (nSPS) is 11.5. The van der Waals surface area contributed by atoms with Gasteiger partial charge in [-0.05, 0) is 118 Å². The van der Waals surface area contributed by atoms with Crippen LogP contribution >= 0.6 is 0 Å². The van der Waals surface area contributed by atoms with Gasteiger partial charge in [0.1, 0.15) is 5.82 Å². The van der Waals surface area contributed by atoms with E-state index in [0.717, 1.165) is 28.0 Å². The minimum absolute atomic E-state index is 0.899. The zero-order valence-electron chi connectivity index (χ0n) is 31.2. The van der Waals surface area contributed by atoms with Gasteiger partial charge in [0.2, 0.25) is 0 Å². The van der Waals surface area contributed by atoms with Gasteiger partial charge in [0, 0.05) is 23.0 Å². The standard InChI is InChI=1S/C55H36N2/c1-4-17-38(18-5-1)49-36-50(39-19-6-2-7-20-39)53-47-27-15-14-26-46(47)51-35-44(30-31-48(51)54(53)52(49)41-22-8-3-9-23-41)57(43-29-28-37-16-10-11-24-42(37)34-43)55-45-25-13-12-21-40(45)32-33-56-55/h1-36H. The zero-order chi connectivity index (χ0) is 37.7. The summed E-state index contributed by atoms with van der Waals surface area (Å²) in [7, 11) is 0. The van der Waals surface area contributed by atoms with E-state index < -0.39 is 0 Å². The van der Waals surface area contributed by atoms with E-state index in [-0.39, 0.29) is 0 Å². The van der Waals surface area contributed by atoms with Gasteiger partial charge in [-0.2, -0.15) is 0 Å². The summed E-state index contributed by atoms with van der Waals surface area (Å²) >= 11 is 0. The first-order chi connectivity index (χ1) is 28.3. The molecule has 1 heterocycles. The Kier molecular flexibility index (Phi) is 7.86. The molecule has 1 aromatic heterocycles. The average molecular weight is 725 g/mol. The molecule has 0 aliphatic rings. The maximum Gasteiger partial charge on any atom is 0.145 e. The maximum atomic E-state index is 5.10. The fourth-order valence-electron chi connectivity index (χ4n) is 8.87. The number of benzene rings is 10. The van der Waals surface area contributed by atoms with Crippen molar-refractivity contribution in [1.82, 2.24) is 4.98 Å². The first-order valence-corrected chi connectivity index (χ1v) is 19.5. The van der Waals surface area contributed by atoms with Crippen LogP contribution in [0.2, 0.25) is 0 Å². The first-order valence-electron chi connectivity index (χ1n) is 19.5. The molecule has 0 aliphatic heterocycles. The molecular formula is C55H36N2. The fourth-order valence-corrected chi connectivity index (χ4v) is 8.87. The largest absolute Gasteiger partial charge is 0.294 e. The monoisotopic (exact) mass is 724 g/mol. The van der Waals surface area contributed by atoms with E-state index in [1.165, 1.54) is 76.5 Å². The van der Waals surface area contributed by atoms with Crippen LogP contribution in [0, 0.1) is 0 Å². The second-order valence-electron chi connectivity index (χ2n) is 14.7. The van der Waals surface area contributed by atoms with Crippen LogP contribution in [0.25, 0.3) is 87.2 Å². The molecule has 0 N–H and O–H groups in total. The maximum absolute atomic E-state index is 5.10. The summed E-state index contributed by atoms with van der Waals surface area (Å²) in [5, 5.41) is 12.0. The molecule has 0 saturated carbocycles. The molecule has 0 fully saturated rings. The molecule has 11 rings (SSSR count). The van der Waals surface area contributed by atoms with E-state index >= 15 is 0 Å². The Hall–Kier alpha value is -7.55. The molecule has 0 unspecified atom stereocenters. The second-order valence-corrected chi connectivity index (χ2v) is 14.7. The lowest BCUT2D eigenvalue weighted by Crippen LogP contribution is -2.12. The SMILES string of the molecule is c1ccc(-c2cc(-c3ccccc3)c3c4ccccc4c4cc(N(c5ccc6ccccc6c5)c5nccc6ccccc56)ccc4c3c2-c2ccccc2)cc1. The van der Waals surface area contributed by atoms with E-state index in [9.17, 15) is 0 Å². The van der Waals surface area contributed by atoms with Crippen LogP contribution in [0.3, 0.4) is 0 Å². The number of aromatic nitrogens is 1. The Bertz CT molecular complexity index is 3280. The number of hydrogen-bond acceptors (Lipinski definition) is 2. The molecule has 0 atom stereocenters. The highest BCUT2D eigenvalue weighted by atomic mass is 15.2. The van der Waals surface area contributed by atoms with Crippen molar-refractivity contribution in [3.05, 3.63) is 219 Å². The molecule has 11 aromatic rings. The number of rotatable bonds is 6. The predicted molar refractivity (Wildman–Crippen MR) is 243 cm³/mol. The lowest BCUT2D eigenvalue weighted by Gasteiger charge is -2.27. The van der Waals surface area contributed by atoms with E-state index in [2.05, 4.69) is 217 Å². The van der Waals surface area contributed by atoms with Crippen molar-refractivity contribution in [2.75, 3.05) is 4.90 Å². The molecular weight excluding hydrogens is 689 g/mol. The minimum atomic E-state index is 0.899. The molecule has 57 heavy (non-hydrogen) atoms. The molecule has 0 aliphatic carbocycles. The smallest absolute Gasteiger partial charge is 0.145 e. The summed E-state index contributed by atoms with van der Waals surface area (Å²) in [5.74, 6) is 0.899. The summed E-state index contributed by atoms with van der Waals surface area (Å²) in [6, 6.07) is 77.0. The van der Waals surface area contributed by atoms with Crippen LogP contribution in [0.5, 0.6) is 0 Å². The molecule has 0 amide bonds. The Morgan fingerprint density at radius 1 is 0.316 bits per heavy atom. The number of pyridine rings is 1. The molecule has 10 aromatic carbocycles. The third-order valence-corrected chi connectivity index (χ3v) is 11.4. The van der Waals surface area contributed by atoms with Crippen molar-refractivity contribution in [2.45, 2.75) is 0 Å². The van der Waals surface area contributed by atoms with E-state index in [4.69, 9.17) is 4.98 Å². The van der Waals surface area contributed by atoms with Crippen molar-refractivity contribution in [2.24, 2.45) is 0 Å². The summed E-state index contributed by atoms with van der Waals surface area (Å²) in [5.41, 5.74) is 9.37. The number of anilines is 3. The van der Waals surface area contributed by atoms with Crippen LogP contribution in [0.15, 0.2) is 219 Å². The van der Waals surface area contributed by atoms with E-state index in [0.29, 0.717) is 0 Å². The molecule has 0 saturated heterocycles. The Labute approximate surface area is 331 Å². The van der Waals surface area contributed by atoms with Crippen molar-refractivity contribution in [3.8, 4) is 33.4 Å². The quantitative estimate of drug-likeness (QED) is 0.159. The van der Waals surface area contributed by atoms with E-state index in [1.54, 1.807) is 0 Å². The van der Waals surface area contributed by atoms with Gasteiger partial charge < -0.3 is 0 Å². The van der Waals surface area contributed by atoms with Crippen LogP contribution in [-0.4, -0.2) is 4.98 Å². The van der Waals surface area contributed by atoms with Crippen LogP contribution in [0.4, 0.5) is 17.2 Å². The summed E-state index contributed by atoms with van der Waals surface area (Å²) in [4.78, 5) is 7.44. The fraction of sp³-hybridized carbons (Fsp3) is 0. The molecule has 2 nitrogen and oxygen atoms in total. The third-order valence-electron chi connectivity index (χ3n) is 11.4. The second kappa shape index (κ2) is 13.6. The Morgan fingerprint density at radius 3 is 1.60 bits per heavy atom. The zero-order valence-corrected chi connectivity index (χ0v) is 31.2. The van der Waals surface area contributed by atoms with Gasteiger partial charge in [-0.15, -0.1) is 0 Å². The highest BCUT2D eigenvalue weighted by molar-refractivity contribution is 6.33. The predicted octanol–water partition coefficient (Wildman–Crippen LogP) is 15.3. The topological polar surface area (TPSA) is 16.1 Å². The van der Waals surface area contributed by atoms with Crippen molar-refractivity contribution < 1.29 is 0 Å². The molecule has 0 bridgehead atoms. The third kappa shape index (κ3) is 5.53. The highest BCUT2D eigenvalue weighted by Crippen LogP contribution is 2.50. The average Bonchev–Trinajstić information content (AvgIpc) is 3.29. The first kappa shape index (κ1) is 32.8. The lowest BCUT2D eigenvalue weighted by atomic mass is 9.81. The van der Waals surface area contributed by atoms with Gasteiger partial charge in [0.15, 0.2) is 0 Å². The van der Waals surface area contributed by atoms with Crippen LogP contribution in [0.1, 0.15) is 0 Å². The minimum Gasteiger partial charge on any atom is -0.294 e. The number of fused-ring (bicyclic) bond motifs is 8. The van der Waals surface area contributed by atoms with E-state index in [1.807, 2.05) is 6.20 Å². The van der Waals surface area contributed by atoms with Gasteiger partial charge in [-0.3, -0.25) is 4.90 Å². The summed E-state index contributed by atoms with van der Waals surface area (Å²) in [6.07, 6.45) is 1.93. The van der Waals surface area contributed by atoms with Gasteiger partial charge in [0.05, 0.1) is 0 Å². The summed E-state index contributed by atoms with van der Waals surface area (Å²) in [6.45, 7) is 0. The van der Waals surface area contributed by atoms with Gasteiger partial charge in [-0.1, -0.05) is 176 Å². The molecule has 0 radical (unpaired) electrons. The molecule has 2 heteroatoms.